The van der Waals surface area contributed by atoms with Crippen molar-refractivity contribution >= 4 is 54.5 Å². The van der Waals surface area contributed by atoms with Crippen LogP contribution in [0.4, 0.5) is 11.4 Å². The van der Waals surface area contributed by atoms with Crippen molar-refractivity contribution in [2.45, 2.75) is 27.7 Å². The van der Waals surface area contributed by atoms with Crippen LogP contribution in [0.15, 0.2) is 77.9 Å². The van der Waals surface area contributed by atoms with E-state index in [9.17, 15) is 0 Å². The van der Waals surface area contributed by atoms with Crippen molar-refractivity contribution in [3.8, 4) is 21.1 Å². The molecule has 4 aromatic carbocycles. The number of aromatic nitrogens is 2. The smallest absolute Gasteiger partial charge is 0.706 e. The van der Waals surface area contributed by atoms with Crippen LogP contribution in [0.5, 0.6) is 0 Å². The minimum atomic E-state index is 0. The summed E-state index contributed by atoms with van der Waals surface area (Å²) in [7, 11) is 0. The second-order valence-corrected chi connectivity index (χ2v) is 11.0. The zero-order valence-electron chi connectivity index (χ0n) is 22.1. The summed E-state index contributed by atoms with van der Waals surface area (Å²) in [5.74, 6) is 0. The van der Waals surface area contributed by atoms with E-state index in [1.54, 1.807) is 34.8 Å². The summed E-state index contributed by atoms with van der Waals surface area (Å²) in [5.41, 5.74) is 25.3. The number of nitrogen functional groups attached to an aromatic ring is 1. The molecule has 0 amide bonds. The Hall–Kier alpha value is -2.30. The quantitative estimate of drug-likeness (QED) is 0.155. The van der Waals surface area contributed by atoms with E-state index in [1.807, 2.05) is 36.4 Å². The molecule has 184 valence electrons. The molecule has 0 aliphatic heterocycles. The average Bonchev–Trinajstić information content (AvgIpc) is 3.55. The Morgan fingerprint density at radius 3 is 1.47 bits per heavy atom. The van der Waals surface area contributed by atoms with Gasteiger partial charge in [0.2, 0.25) is 0 Å². The second-order valence-electron chi connectivity index (χ2n) is 9.02. The molecule has 0 atom stereocenters. The number of nitrogens with two attached hydrogens (primary N) is 1. The van der Waals surface area contributed by atoms with E-state index in [2.05, 4.69) is 62.1 Å². The normalized spacial score (nSPS) is 10.6. The van der Waals surface area contributed by atoms with E-state index in [4.69, 9.17) is 16.2 Å². The van der Waals surface area contributed by atoms with E-state index < -0.39 is 0 Å². The van der Waals surface area contributed by atoms with Gasteiger partial charge in [0.15, 0.2) is 0 Å². The molecule has 0 aliphatic rings. The van der Waals surface area contributed by atoms with Gasteiger partial charge in [0.1, 0.15) is 10.0 Å². The van der Waals surface area contributed by atoms with Crippen LogP contribution in [0.3, 0.4) is 0 Å². The molecule has 2 aromatic heterocycles. The molecule has 6 aromatic rings. The Balaban J connectivity index is 0.000000173. The number of hydrogen-bond donors (Lipinski definition) is 1. The van der Waals surface area contributed by atoms with Gasteiger partial charge in [0.05, 0.1) is 20.4 Å². The summed E-state index contributed by atoms with van der Waals surface area (Å²) < 4.78 is 2.52. The third kappa shape index (κ3) is 5.97. The van der Waals surface area contributed by atoms with E-state index in [0.29, 0.717) is 5.69 Å². The van der Waals surface area contributed by atoms with Crippen molar-refractivity contribution in [2.75, 3.05) is 5.73 Å². The molecule has 8 heteroatoms. The fourth-order valence-corrected chi connectivity index (χ4v) is 6.23. The fourth-order valence-electron chi connectivity index (χ4n) is 3.99. The van der Waals surface area contributed by atoms with Gasteiger partial charge in [0, 0.05) is 22.5 Å². The van der Waals surface area contributed by atoms with Crippen LogP contribution in [-0.2, 0) is 0 Å². The van der Waals surface area contributed by atoms with Crippen LogP contribution >= 0.6 is 22.7 Å². The first-order valence-corrected chi connectivity index (χ1v) is 13.5. The molecule has 2 heterocycles. The molecular formula is C30H26KN5S2. The molecule has 0 aliphatic carbocycles. The summed E-state index contributed by atoms with van der Waals surface area (Å²) in [4.78, 5) is 9.36. The number of benzene rings is 4. The molecule has 2 N–H and O–H groups in total. The number of hydrogen-bond acceptors (Lipinski definition) is 6. The maximum atomic E-state index is 8.69. The number of thiazole rings is 2. The maximum Gasteiger partial charge on any atom is 1.00 e. The number of rotatable bonds is 3. The van der Waals surface area contributed by atoms with Crippen molar-refractivity contribution < 1.29 is 51.4 Å². The molecule has 38 heavy (non-hydrogen) atoms. The van der Waals surface area contributed by atoms with E-state index in [0.717, 1.165) is 37.9 Å². The standard InChI is InChI=1S/C15H12N3S.C15H14N2S.K/c1-9-3-8-13-14(10(9)2)19-15(17-13)11-4-6-12(18-16)7-5-11;1-9-3-8-13-14(10(9)2)18-15(17-13)11-4-6-12(16)7-5-11;/h3-8H,1-2H3;3-8H,16H2,1-2H3;/q-1;;+1. The molecule has 0 bridgehead atoms. The third-order valence-electron chi connectivity index (χ3n) is 6.54. The third-order valence-corrected chi connectivity index (χ3v) is 9.02. The Kier molecular flexibility index (Phi) is 9.26. The van der Waals surface area contributed by atoms with Gasteiger partial charge in [0.25, 0.3) is 0 Å². The van der Waals surface area contributed by atoms with Crippen molar-refractivity contribution in [2.24, 2.45) is 5.11 Å². The van der Waals surface area contributed by atoms with Crippen LogP contribution < -0.4 is 57.1 Å². The fraction of sp³-hybridized carbons (Fsp3) is 0.133. The zero-order valence-corrected chi connectivity index (χ0v) is 26.9. The second kappa shape index (κ2) is 12.3. The predicted molar refractivity (Wildman–Crippen MR) is 159 cm³/mol. The van der Waals surface area contributed by atoms with Crippen molar-refractivity contribution in [1.29, 1.82) is 0 Å². The Labute approximate surface area is 273 Å². The van der Waals surface area contributed by atoms with Gasteiger partial charge in [-0.05, 0) is 111 Å². The first-order valence-electron chi connectivity index (χ1n) is 11.9. The molecule has 5 nitrogen and oxygen atoms in total. The molecule has 0 unspecified atom stereocenters. The molecule has 0 spiro atoms. The number of nitrogens with zero attached hydrogens (tertiary/aromatic N) is 4. The van der Waals surface area contributed by atoms with Crippen molar-refractivity contribution in [3.63, 3.8) is 0 Å². The first kappa shape index (κ1) is 28.7. The monoisotopic (exact) mass is 559 g/mol. The van der Waals surface area contributed by atoms with Crippen molar-refractivity contribution in [3.05, 3.63) is 101 Å². The number of aryl methyl sites for hydroxylation is 4. The summed E-state index contributed by atoms with van der Waals surface area (Å²) in [6, 6.07) is 23.7. The van der Waals surface area contributed by atoms with Crippen LogP contribution in [0.25, 0.3) is 47.1 Å². The molecule has 0 saturated carbocycles. The average molecular weight is 560 g/mol. The molecular weight excluding hydrogens is 534 g/mol. The van der Waals surface area contributed by atoms with Crippen LogP contribution in [0.1, 0.15) is 22.3 Å². The van der Waals surface area contributed by atoms with Gasteiger partial charge in [-0.1, -0.05) is 12.1 Å². The SMILES string of the molecule is Cc1ccc2nc(-c3ccc(N)cc3)sc2c1C.Cc1ccc2nc(-c3ccc(N=[N-])cc3)sc2c1C.[K+]. The minimum absolute atomic E-state index is 0. The van der Waals surface area contributed by atoms with Crippen LogP contribution in [0, 0.1) is 27.7 Å². The van der Waals surface area contributed by atoms with Gasteiger partial charge in [-0.25, -0.2) is 9.97 Å². The van der Waals surface area contributed by atoms with Gasteiger partial charge < -0.3 is 16.4 Å². The van der Waals surface area contributed by atoms with Gasteiger partial charge in [-0.3, -0.25) is 0 Å². The van der Waals surface area contributed by atoms with E-state index in [1.165, 1.54) is 31.7 Å². The summed E-state index contributed by atoms with van der Waals surface area (Å²) in [5, 5.41) is 5.20. The molecule has 6 rings (SSSR count). The summed E-state index contributed by atoms with van der Waals surface area (Å²) >= 11 is 3.45. The molecule has 0 radical (unpaired) electrons. The zero-order chi connectivity index (χ0) is 26.1. The van der Waals surface area contributed by atoms with Crippen LogP contribution in [-0.4, -0.2) is 9.97 Å². The number of anilines is 1. The van der Waals surface area contributed by atoms with Gasteiger partial charge in [-0.2, -0.15) is 0 Å². The minimum Gasteiger partial charge on any atom is -0.706 e. The Morgan fingerprint density at radius 2 is 1.05 bits per heavy atom. The van der Waals surface area contributed by atoms with Gasteiger partial charge >= 0.3 is 51.4 Å². The Bertz CT molecular complexity index is 1740. The Morgan fingerprint density at radius 1 is 0.632 bits per heavy atom. The van der Waals surface area contributed by atoms with E-state index >= 15 is 0 Å². The largest absolute Gasteiger partial charge is 1.00 e. The number of fused-ring (bicyclic) bond motifs is 2. The summed E-state index contributed by atoms with van der Waals surface area (Å²) in [6.45, 7) is 8.54. The predicted octanol–water partition coefficient (Wildman–Crippen LogP) is 6.40. The summed E-state index contributed by atoms with van der Waals surface area (Å²) in [6.07, 6.45) is 0. The van der Waals surface area contributed by atoms with Crippen LogP contribution in [0.2, 0.25) is 0 Å². The van der Waals surface area contributed by atoms with E-state index in [-0.39, 0.29) is 51.4 Å². The van der Waals surface area contributed by atoms with Crippen molar-refractivity contribution in [1.82, 2.24) is 9.97 Å². The van der Waals surface area contributed by atoms with Gasteiger partial charge in [-0.15, -0.1) is 22.7 Å². The topological polar surface area (TPSA) is 86.5 Å². The first-order chi connectivity index (χ1) is 17.8. The molecule has 0 saturated heterocycles. The maximum absolute atomic E-state index is 8.69. The molecule has 0 fully saturated rings.